The molecule has 0 aromatic heterocycles. The molecule has 2 aliphatic heterocycles. The number of benzene rings is 3. The second kappa shape index (κ2) is 9.38. The van der Waals surface area contributed by atoms with Crippen LogP contribution >= 0.6 is 0 Å². The Bertz CT molecular complexity index is 940. The zero-order valence-electron chi connectivity index (χ0n) is 18.5. The van der Waals surface area contributed by atoms with Crippen molar-refractivity contribution in [3.8, 4) is 0 Å². The van der Waals surface area contributed by atoms with Crippen molar-refractivity contribution in [2.24, 2.45) is 11.3 Å². The van der Waals surface area contributed by atoms with Gasteiger partial charge in [0.05, 0.1) is 0 Å². The Morgan fingerprint density at radius 1 is 0.677 bits per heavy atom. The van der Waals surface area contributed by atoms with Crippen molar-refractivity contribution in [3.63, 3.8) is 0 Å². The smallest absolute Gasteiger partial charge is 0.0234 e. The zero-order valence-corrected chi connectivity index (χ0v) is 18.5. The molecule has 5 rings (SSSR count). The van der Waals surface area contributed by atoms with Crippen molar-refractivity contribution in [3.05, 3.63) is 108 Å². The van der Waals surface area contributed by atoms with Gasteiger partial charge in [-0.3, -0.25) is 4.90 Å². The summed E-state index contributed by atoms with van der Waals surface area (Å²) in [6, 6.07) is 33.2. The third-order valence-corrected chi connectivity index (χ3v) is 7.42. The van der Waals surface area contributed by atoms with E-state index in [0.717, 1.165) is 18.9 Å². The van der Waals surface area contributed by atoms with Crippen LogP contribution in [0.4, 0.5) is 0 Å². The molecule has 0 radical (unpaired) electrons. The minimum Gasteiger partial charge on any atom is -0.302 e. The van der Waals surface area contributed by atoms with Crippen molar-refractivity contribution in [2.75, 3.05) is 32.7 Å². The summed E-state index contributed by atoms with van der Waals surface area (Å²) in [5.41, 5.74) is 4.76. The van der Waals surface area contributed by atoms with Crippen LogP contribution in [-0.2, 0) is 19.4 Å². The minimum atomic E-state index is 0.366. The van der Waals surface area contributed by atoms with E-state index < -0.39 is 0 Å². The van der Waals surface area contributed by atoms with E-state index in [1.165, 1.54) is 62.3 Å². The fourth-order valence-corrected chi connectivity index (χ4v) is 5.93. The second-order valence-corrected chi connectivity index (χ2v) is 9.68. The molecule has 2 fully saturated rings. The van der Waals surface area contributed by atoms with Gasteiger partial charge in [0.2, 0.25) is 0 Å². The molecule has 0 bridgehead atoms. The Morgan fingerprint density at radius 3 is 1.94 bits per heavy atom. The van der Waals surface area contributed by atoms with Crippen LogP contribution in [0.2, 0.25) is 0 Å². The molecule has 2 unspecified atom stereocenters. The molecular weight excluding hydrogens is 376 g/mol. The third kappa shape index (κ3) is 4.92. The highest BCUT2D eigenvalue weighted by molar-refractivity contribution is 5.21. The predicted octanol–water partition coefficient (Wildman–Crippen LogP) is 5.30. The minimum absolute atomic E-state index is 0.366. The quantitative estimate of drug-likeness (QED) is 0.522. The molecule has 0 amide bonds. The van der Waals surface area contributed by atoms with E-state index in [1.807, 2.05) is 0 Å². The van der Waals surface area contributed by atoms with Gasteiger partial charge in [0.15, 0.2) is 0 Å². The Balaban J connectivity index is 1.32. The van der Waals surface area contributed by atoms with Crippen LogP contribution in [0.3, 0.4) is 0 Å². The summed E-state index contributed by atoms with van der Waals surface area (Å²) in [7, 11) is 0. The summed E-state index contributed by atoms with van der Waals surface area (Å²) in [4.78, 5) is 5.47. The van der Waals surface area contributed by atoms with Crippen LogP contribution in [0.5, 0.6) is 0 Å². The normalized spacial score (nSPS) is 24.2. The van der Waals surface area contributed by atoms with Gasteiger partial charge < -0.3 is 4.90 Å². The first kappa shape index (κ1) is 20.5. The molecule has 2 aliphatic rings. The first-order valence-corrected chi connectivity index (χ1v) is 11.9. The maximum atomic E-state index is 2.75. The first-order chi connectivity index (χ1) is 15.3. The second-order valence-electron chi connectivity index (χ2n) is 9.68. The number of piperidine rings is 1. The van der Waals surface area contributed by atoms with E-state index in [2.05, 4.69) is 101 Å². The highest BCUT2D eigenvalue weighted by Gasteiger charge is 2.49. The summed E-state index contributed by atoms with van der Waals surface area (Å²) in [6.45, 7) is 7.18. The lowest BCUT2D eigenvalue weighted by molar-refractivity contribution is 0.0610. The topological polar surface area (TPSA) is 6.48 Å². The zero-order chi connectivity index (χ0) is 20.9. The monoisotopic (exact) mass is 410 g/mol. The van der Waals surface area contributed by atoms with Crippen LogP contribution < -0.4 is 0 Å². The van der Waals surface area contributed by atoms with E-state index in [-0.39, 0.29) is 0 Å². The molecule has 2 nitrogen and oxygen atoms in total. The largest absolute Gasteiger partial charge is 0.302 e. The molecular formula is C29H34N2. The molecule has 160 valence electrons. The highest BCUT2D eigenvalue weighted by Crippen LogP contribution is 2.45. The van der Waals surface area contributed by atoms with Crippen LogP contribution in [0, 0.1) is 11.3 Å². The first-order valence-electron chi connectivity index (χ1n) is 11.9. The van der Waals surface area contributed by atoms with Crippen molar-refractivity contribution in [1.29, 1.82) is 0 Å². The van der Waals surface area contributed by atoms with E-state index in [1.54, 1.807) is 0 Å². The number of hydrogen-bond acceptors (Lipinski definition) is 2. The molecule has 3 aromatic rings. The van der Waals surface area contributed by atoms with Gasteiger partial charge in [-0.05, 0) is 48.4 Å². The van der Waals surface area contributed by atoms with Gasteiger partial charge in [-0.15, -0.1) is 0 Å². The Labute approximate surface area is 187 Å². The van der Waals surface area contributed by atoms with Gasteiger partial charge in [-0.25, -0.2) is 0 Å². The van der Waals surface area contributed by atoms with E-state index in [4.69, 9.17) is 0 Å². The van der Waals surface area contributed by atoms with Gasteiger partial charge in [0, 0.05) is 38.1 Å². The van der Waals surface area contributed by atoms with Gasteiger partial charge in [0.25, 0.3) is 0 Å². The predicted molar refractivity (Wildman–Crippen MR) is 129 cm³/mol. The fraction of sp³-hybridized carbons (Fsp3) is 0.379. The maximum absolute atomic E-state index is 2.75. The van der Waals surface area contributed by atoms with Gasteiger partial charge in [0.1, 0.15) is 0 Å². The number of rotatable bonds is 7. The van der Waals surface area contributed by atoms with Crippen molar-refractivity contribution >= 4 is 0 Å². The van der Waals surface area contributed by atoms with E-state index in [0.29, 0.717) is 5.41 Å². The molecule has 2 heterocycles. The number of fused-ring (bicyclic) bond motifs is 1. The summed E-state index contributed by atoms with van der Waals surface area (Å²) in [6.07, 6.45) is 3.68. The van der Waals surface area contributed by atoms with Crippen molar-refractivity contribution in [2.45, 2.75) is 25.8 Å². The van der Waals surface area contributed by atoms with E-state index in [9.17, 15) is 0 Å². The number of hydrogen-bond donors (Lipinski definition) is 0. The SMILES string of the molecule is c1ccc(CCN2CCC3CN(Cc4ccccc4)CC3(Cc3ccccc3)C2)cc1. The fourth-order valence-electron chi connectivity index (χ4n) is 5.93. The summed E-state index contributed by atoms with van der Waals surface area (Å²) in [5, 5.41) is 0. The van der Waals surface area contributed by atoms with Crippen LogP contribution in [0.25, 0.3) is 0 Å². The Hall–Kier alpha value is -2.42. The van der Waals surface area contributed by atoms with Crippen LogP contribution in [-0.4, -0.2) is 42.5 Å². The molecule has 0 N–H and O–H groups in total. The van der Waals surface area contributed by atoms with Crippen molar-refractivity contribution in [1.82, 2.24) is 9.80 Å². The highest BCUT2D eigenvalue weighted by atomic mass is 15.2. The molecule has 2 atom stereocenters. The van der Waals surface area contributed by atoms with Crippen LogP contribution in [0.15, 0.2) is 91.0 Å². The lowest BCUT2D eigenvalue weighted by atomic mass is 9.69. The molecule has 2 saturated heterocycles. The molecule has 2 heteroatoms. The number of likely N-dealkylation sites (tertiary alicyclic amines) is 2. The average molecular weight is 411 g/mol. The van der Waals surface area contributed by atoms with Crippen molar-refractivity contribution < 1.29 is 0 Å². The summed E-state index contributed by atoms with van der Waals surface area (Å²) < 4.78 is 0. The van der Waals surface area contributed by atoms with E-state index >= 15 is 0 Å². The summed E-state index contributed by atoms with van der Waals surface area (Å²) in [5.74, 6) is 0.796. The Kier molecular flexibility index (Phi) is 6.20. The third-order valence-electron chi connectivity index (χ3n) is 7.42. The maximum Gasteiger partial charge on any atom is 0.0234 e. The summed E-state index contributed by atoms with van der Waals surface area (Å²) >= 11 is 0. The molecule has 3 aromatic carbocycles. The van der Waals surface area contributed by atoms with Crippen LogP contribution in [0.1, 0.15) is 23.1 Å². The van der Waals surface area contributed by atoms with Gasteiger partial charge in [-0.2, -0.15) is 0 Å². The lowest BCUT2D eigenvalue weighted by Gasteiger charge is -2.45. The average Bonchev–Trinajstić information content (AvgIpc) is 3.16. The molecule has 0 spiro atoms. The number of nitrogens with zero attached hydrogens (tertiary/aromatic N) is 2. The standard InChI is InChI=1S/C29H34N2/c1-4-10-25(11-5-1)16-18-30-19-17-28-22-31(21-27-14-8-3-9-15-27)24-29(28,23-30)20-26-12-6-2-7-13-26/h1-15,28H,16-24H2. The molecule has 0 saturated carbocycles. The lowest BCUT2D eigenvalue weighted by Crippen LogP contribution is -2.50. The molecule has 0 aliphatic carbocycles. The Morgan fingerprint density at radius 2 is 1.26 bits per heavy atom. The molecule has 31 heavy (non-hydrogen) atoms. The van der Waals surface area contributed by atoms with Gasteiger partial charge in [-0.1, -0.05) is 91.0 Å². The van der Waals surface area contributed by atoms with Gasteiger partial charge >= 0.3 is 0 Å².